The van der Waals surface area contributed by atoms with Gasteiger partial charge < -0.3 is 25.4 Å². The lowest BCUT2D eigenvalue weighted by Gasteiger charge is -2.18. The van der Waals surface area contributed by atoms with Gasteiger partial charge in [-0.1, -0.05) is 6.07 Å². The minimum atomic E-state index is -4.87. The van der Waals surface area contributed by atoms with Crippen LogP contribution in [0.1, 0.15) is 12.5 Å². The molecule has 1 aromatic carbocycles. The molecule has 0 unspecified atom stereocenters. The molecule has 2 aromatic heterocycles. The van der Waals surface area contributed by atoms with E-state index < -0.39 is 18.1 Å². The number of hydrogen-bond donors (Lipinski definition) is 3. The number of carbonyl (C=O) groups excluding carboxylic acids is 1. The van der Waals surface area contributed by atoms with Crippen LogP contribution in [0.3, 0.4) is 0 Å². The average Bonchev–Trinajstić information content (AvgIpc) is 3.12. The maximum atomic E-state index is 12.9. The fourth-order valence-electron chi connectivity index (χ4n) is 3.19. The van der Waals surface area contributed by atoms with Gasteiger partial charge in [0, 0.05) is 13.1 Å². The Labute approximate surface area is 174 Å². The fourth-order valence-corrected chi connectivity index (χ4v) is 3.19. The van der Waals surface area contributed by atoms with Crippen molar-refractivity contribution in [2.45, 2.75) is 25.9 Å². The number of amides is 1. The summed E-state index contributed by atoms with van der Waals surface area (Å²) >= 11 is 0. The molecule has 0 aliphatic carbocycles. The summed E-state index contributed by atoms with van der Waals surface area (Å²) in [5, 5.41) is 8.62. The molecule has 1 aliphatic heterocycles. The number of anilines is 3. The van der Waals surface area contributed by atoms with Crippen molar-refractivity contribution < 1.29 is 27.4 Å². The number of fused-ring (bicyclic) bond motifs is 3. The molecule has 0 saturated carbocycles. The van der Waals surface area contributed by atoms with Crippen LogP contribution in [-0.2, 0) is 11.3 Å². The van der Waals surface area contributed by atoms with Crippen LogP contribution in [0.15, 0.2) is 30.6 Å². The molecule has 4 rings (SSSR count). The van der Waals surface area contributed by atoms with Crippen LogP contribution >= 0.6 is 0 Å². The predicted octanol–water partition coefficient (Wildman–Crippen LogP) is 3.59. The number of imidazole rings is 1. The lowest BCUT2D eigenvalue weighted by Crippen LogP contribution is -2.38. The van der Waals surface area contributed by atoms with Gasteiger partial charge in [0.15, 0.2) is 11.4 Å². The van der Waals surface area contributed by atoms with Crippen molar-refractivity contribution in [1.82, 2.24) is 19.9 Å². The Kier molecular flexibility index (Phi) is 5.31. The molecule has 9 nitrogen and oxygen atoms in total. The minimum Gasteiger partial charge on any atom is -0.404 e. The predicted molar refractivity (Wildman–Crippen MR) is 107 cm³/mol. The van der Waals surface area contributed by atoms with Crippen LogP contribution in [0, 0.1) is 0 Å². The van der Waals surface area contributed by atoms with E-state index in [4.69, 9.17) is 4.74 Å². The van der Waals surface area contributed by atoms with Crippen molar-refractivity contribution in [1.29, 1.82) is 0 Å². The van der Waals surface area contributed by atoms with Gasteiger partial charge in [0.25, 0.3) is 0 Å². The van der Waals surface area contributed by atoms with Crippen molar-refractivity contribution in [3.8, 4) is 5.75 Å². The lowest BCUT2D eigenvalue weighted by atomic mass is 10.2. The lowest BCUT2D eigenvalue weighted by molar-refractivity contribution is -0.274. The number of pyridine rings is 1. The Morgan fingerprint density at radius 3 is 2.87 bits per heavy atom. The van der Waals surface area contributed by atoms with Crippen molar-refractivity contribution in [3.63, 3.8) is 0 Å². The molecule has 0 radical (unpaired) electrons. The van der Waals surface area contributed by atoms with Crippen LogP contribution < -0.4 is 20.7 Å². The molecule has 3 heterocycles. The highest BCUT2D eigenvalue weighted by atomic mass is 19.4. The van der Waals surface area contributed by atoms with Gasteiger partial charge >= 0.3 is 12.4 Å². The van der Waals surface area contributed by atoms with Gasteiger partial charge in [-0.3, -0.25) is 0 Å². The molecule has 1 amide bonds. The number of nitrogens with one attached hydrogen (secondary N) is 3. The molecule has 12 heteroatoms. The molecule has 0 spiro atoms. The average molecular weight is 436 g/mol. The summed E-state index contributed by atoms with van der Waals surface area (Å²) in [4.78, 5) is 21.3. The summed E-state index contributed by atoms with van der Waals surface area (Å²) in [7, 11) is 1.66. The van der Waals surface area contributed by atoms with Gasteiger partial charge in [-0.15, -0.1) is 13.2 Å². The molecule has 3 aromatic rings. The first-order valence-corrected chi connectivity index (χ1v) is 9.33. The highest BCUT2D eigenvalue weighted by molar-refractivity contribution is 5.94. The Bertz CT molecular complexity index is 1130. The smallest absolute Gasteiger partial charge is 0.404 e. The summed E-state index contributed by atoms with van der Waals surface area (Å²) in [5.41, 5.74) is 1.86. The van der Waals surface area contributed by atoms with Gasteiger partial charge in [0.05, 0.1) is 30.6 Å². The molecule has 1 atom stereocenters. The molecule has 164 valence electrons. The maximum absolute atomic E-state index is 12.9. The highest BCUT2D eigenvalue weighted by Gasteiger charge is 2.32. The third kappa shape index (κ3) is 4.48. The first-order valence-electron chi connectivity index (χ1n) is 9.33. The van der Waals surface area contributed by atoms with Crippen LogP contribution in [-0.4, -0.2) is 46.6 Å². The van der Waals surface area contributed by atoms with E-state index in [0.717, 1.165) is 0 Å². The number of halogens is 3. The summed E-state index contributed by atoms with van der Waals surface area (Å²) in [6.45, 7) is 2.10. The Morgan fingerprint density at radius 1 is 1.32 bits per heavy atom. The highest BCUT2D eigenvalue weighted by Crippen LogP contribution is 2.34. The Hall–Kier alpha value is -3.54. The van der Waals surface area contributed by atoms with Crippen molar-refractivity contribution in [3.05, 3.63) is 36.2 Å². The number of ether oxygens (including phenoxy) is 2. The zero-order valence-electron chi connectivity index (χ0n) is 16.6. The molecule has 31 heavy (non-hydrogen) atoms. The number of carbonyl (C=O) groups is 1. The largest absolute Gasteiger partial charge is 0.573 e. The Morgan fingerprint density at radius 2 is 2.13 bits per heavy atom. The van der Waals surface area contributed by atoms with Crippen LogP contribution in [0.25, 0.3) is 11.2 Å². The zero-order valence-corrected chi connectivity index (χ0v) is 16.6. The topological polar surface area (TPSA) is 102 Å². The van der Waals surface area contributed by atoms with Gasteiger partial charge in [-0.05, 0) is 24.6 Å². The van der Waals surface area contributed by atoms with E-state index in [9.17, 15) is 18.0 Å². The molecule has 0 fully saturated rings. The number of nitrogens with zero attached hydrogens (tertiary/aromatic N) is 3. The minimum absolute atomic E-state index is 0.0490. The fraction of sp³-hybridized carbons (Fsp3) is 0.316. The SMILES string of the molecule is CNc1cc2nc3c1ncn3C(=O)N[C@H](C)COCc1ccc(OC(F)(F)F)c(c1)N2. The van der Waals surface area contributed by atoms with E-state index in [1.54, 1.807) is 20.0 Å². The molecule has 3 N–H and O–H groups in total. The third-order valence-electron chi connectivity index (χ3n) is 4.53. The first-order chi connectivity index (χ1) is 14.7. The third-order valence-corrected chi connectivity index (χ3v) is 4.53. The number of alkyl halides is 3. The summed E-state index contributed by atoms with van der Waals surface area (Å²) < 4.78 is 49.6. The van der Waals surface area contributed by atoms with Gasteiger partial charge in [0.2, 0.25) is 0 Å². The summed E-state index contributed by atoms with van der Waals surface area (Å²) in [5.74, 6) is -0.225. The maximum Gasteiger partial charge on any atom is 0.573 e. The van der Waals surface area contributed by atoms with E-state index in [1.807, 2.05) is 0 Å². The normalized spacial score (nSPS) is 17.1. The van der Waals surface area contributed by atoms with Crippen molar-refractivity contribution in [2.24, 2.45) is 0 Å². The van der Waals surface area contributed by atoms with E-state index in [2.05, 4.69) is 30.7 Å². The second-order valence-corrected chi connectivity index (χ2v) is 6.96. The van der Waals surface area contributed by atoms with Gasteiger partial charge in [-0.2, -0.15) is 0 Å². The first kappa shape index (κ1) is 20.7. The zero-order chi connectivity index (χ0) is 22.2. The molecular formula is C19H19F3N6O3. The molecule has 0 saturated heterocycles. The van der Waals surface area contributed by atoms with Crippen LogP contribution in [0.2, 0.25) is 0 Å². The van der Waals surface area contributed by atoms with Crippen molar-refractivity contribution >= 4 is 34.4 Å². The molecular weight excluding hydrogens is 417 g/mol. The van der Waals surface area contributed by atoms with E-state index in [1.165, 1.54) is 29.1 Å². The standard InChI is InChI=1S/C19H19F3N6O3/c1-10-7-30-8-11-3-4-14(31-19(20,21)22)12(5-11)26-15-6-13(23-2)16-17(27-15)28(9-24-16)18(29)25-10/h3-6,9-10H,7-8H2,1-2H3,(H,25,29)(H2,23,26,27)/t10-/m1/s1. The van der Waals surface area contributed by atoms with Crippen LogP contribution in [0.4, 0.5) is 35.2 Å². The number of hydrogen-bond acceptors (Lipinski definition) is 7. The number of rotatable bonds is 2. The second-order valence-electron chi connectivity index (χ2n) is 6.96. The number of aromatic nitrogens is 3. The summed E-state index contributed by atoms with van der Waals surface area (Å²) in [6.07, 6.45) is -3.54. The van der Waals surface area contributed by atoms with Gasteiger partial charge in [-0.25, -0.2) is 19.3 Å². The molecule has 1 aliphatic rings. The van der Waals surface area contributed by atoms with Crippen LogP contribution in [0.5, 0.6) is 5.75 Å². The Balaban J connectivity index is 1.86. The van der Waals surface area contributed by atoms with Gasteiger partial charge in [0.1, 0.15) is 17.7 Å². The van der Waals surface area contributed by atoms with Crippen molar-refractivity contribution in [2.75, 3.05) is 24.3 Å². The second kappa shape index (κ2) is 7.95. The summed E-state index contributed by atoms with van der Waals surface area (Å²) in [6, 6.07) is 4.98. The monoisotopic (exact) mass is 436 g/mol. The van der Waals surface area contributed by atoms with E-state index in [-0.39, 0.29) is 36.4 Å². The van der Waals surface area contributed by atoms with E-state index >= 15 is 0 Å². The quantitative estimate of drug-likeness (QED) is 0.564. The number of benzene rings is 1. The molecule has 4 bridgehead atoms. The van der Waals surface area contributed by atoms with E-state index in [0.29, 0.717) is 16.8 Å².